The van der Waals surface area contributed by atoms with Crippen molar-refractivity contribution in [3.63, 3.8) is 0 Å². The molecular weight excluding hydrogens is 231 g/mol. The molecule has 0 heterocycles. The van der Waals surface area contributed by atoms with Crippen molar-refractivity contribution >= 4 is 0 Å². The van der Waals surface area contributed by atoms with E-state index in [0.29, 0.717) is 12.1 Å². The molecule has 0 fully saturated rings. The van der Waals surface area contributed by atoms with Gasteiger partial charge in [0.25, 0.3) is 0 Å². The molecule has 2 N–H and O–H groups in total. The van der Waals surface area contributed by atoms with Crippen LogP contribution < -0.4 is 5.32 Å². The van der Waals surface area contributed by atoms with Crippen LogP contribution in [0.3, 0.4) is 0 Å². The molecular formula is C12H16F3NO. The van der Waals surface area contributed by atoms with Gasteiger partial charge in [-0.3, -0.25) is 0 Å². The highest BCUT2D eigenvalue weighted by atomic mass is 19.4. The lowest BCUT2D eigenvalue weighted by atomic mass is 10.1. The lowest BCUT2D eigenvalue weighted by molar-refractivity contribution is -0.137. The Bertz CT molecular complexity index is 348. The van der Waals surface area contributed by atoms with Gasteiger partial charge in [-0.05, 0) is 18.1 Å². The lowest BCUT2D eigenvalue weighted by Crippen LogP contribution is -2.31. The Morgan fingerprint density at radius 1 is 1.35 bits per heavy atom. The van der Waals surface area contributed by atoms with Crippen molar-refractivity contribution < 1.29 is 18.3 Å². The van der Waals surface area contributed by atoms with Crippen molar-refractivity contribution in [2.75, 3.05) is 6.61 Å². The number of aliphatic hydroxyl groups excluding tert-OH is 1. The third-order valence-electron chi connectivity index (χ3n) is 2.56. The van der Waals surface area contributed by atoms with Gasteiger partial charge < -0.3 is 10.4 Å². The van der Waals surface area contributed by atoms with Crippen LogP contribution in [0.4, 0.5) is 13.2 Å². The molecule has 0 spiro atoms. The zero-order valence-electron chi connectivity index (χ0n) is 9.59. The summed E-state index contributed by atoms with van der Waals surface area (Å²) in [6.07, 6.45) is -3.58. The summed E-state index contributed by atoms with van der Waals surface area (Å²) in [5, 5.41) is 11.9. The highest BCUT2D eigenvalue weighted by molar-refractivity contribution is 5.25. The van der Waals surface area contributed by atoms with E-state index in [4.69, 9.17) is 5.11 Å². The average molecular weight is 247 g/mol. The third kappa shape index (κ3) is 4.36. The van der Waals surface area contributed by atoms with Crippen LogP contribution in [0.1, 0.15) is 24.5 Å². The van der Waals surface area contributed by atoms with E-state index in [1.165, 1.54) is 6.07 Å². The number of benzene rings is 1. The van der Waals surface area contributed by atoms with Crippen LogP contribution in [-0.2, 0) is 12.7 Å². The van der Waals surface area contributed by atoms with Gasteiger partial charge in [0, 0.05) is 12.6 Å². The molecule has 17 heavy (non-hydrogen) atoms. The highest BCUT2D eigenvalue weighted by Crippen LogP contribution is 2.29. The van der Waals surface area contributed by atoms with E-state index in [1.54, 1.807) is 6.07 Å². The van der Waals surface area contributed by atoms with Crippen molar-refractivity contribution in [3.05, 3.63) is 35.4 Å². The van der Waals surface area contributed by atoms with E-state index in [1.807, 2.05) is 6.92 Å². The first-order chi connectivity index (χ1) is 7.97. The molecule has 0 aliphatic heterocycles. The fraction of sp³-hybridized carbons (Fsp3) is 0.500. The number of halogens is 3. The molecule has 1 rings (SSSR count). The number of hydrogen-bond donors (Lipinski definition) is 2. The number of nitrogens with one attached hydrogen (secondary N) is 1. The van der Waals surface area contributed by atoms with E-state index < -0.39 is 11.7 Å². The summed E-state index contributed by atoms with van der Waals surface area (Å²) in [5.41, 5.74) is -0.0828. The Morgan fingerprint density at radius 3 is 2.59 bits per heavy atom. The molecule has 1 atom stereocenters. The van der Waals surface area contributed by atoms with Crippen molar-refractivity contribution in [1.82, 2.24) is 5.32 Å². The predicted octanol–water partition coefficient (Wildman–Crippen LogP) is 2.57. The summed E-state index contributed by atoms with van der Waals surface area (Å²) in [6.45, 7) is 2.21. The molecule has 0 amide bonds. The summed E-state index contributed by atoms with van der Waals surface area (Å²) in [6, 6.07) is 5.11. The molecule has 2 nitrogen and oxygen atoms in total. The Hall–Kier alpha value is -1.07. The van der Waals surface area contributed by atoms with Gasteiger partial charge in [0.05, 0.1) is 12.2 Å². The average Bonchev–Trinajstić information content (AvgIpc) is 2.30. The van der Waals surface area contributed by atoms with Crippen LogP contribution in [-0.4, -0.2) is 17.8 Å². The van der Waals surface area contributed by atoms with Crippen LogP contribution in [0.15, 0.2) is 24.3 Å². The largest absolute Gasteiger partial charge is 0.416 e. The van der Waals surface area contributed by atoms with Crippen molar-refractivity contribution in [1.29, 1.82) is 0 Å². The zero-order valence-corrected chi connectivity index (χ0v) is 9.59. The van der Waals surface area contributed by atoms with Gasteiger partial charge in [-0.15, -0.1) is 0 Å². The number of rotatable bonds is 5. The summed E-state index contributed by atoms with van der Waals surface area (Å²) in [4.78, 5) is 0. The molecule has 0 radical (unpaired) electrons. The molecule has 1 aromatic carbocycles. The lowest BCUT2D eigenvalue weighted by Gasteiger charge is -2.14. The predicted molar refractivity (Wildman–Crippen MR) is 59.4 cm³/mol. The normalized spacial score (nSPS) is 13.7. The molecule has 0 aliphatic rings. The standard InChI is InChI=1S/C12H16F3NO/c1-2-11(8-17)16-7-9-4-3-5-10(6-9)12(13,14)15/h3-6,11,16-17H,2,7-8H2,1H3. The molecule has 96 valence electrons. The zero-order chi connectivity index (χ0) is 12.9. The van der Waals surface area contributed by atoms with Gasteiger partial charge >= 0.3 is 6.18 Å². The van der Waals surface area contributed by atoms with Crippen LogP contribution in [0.2, 0.25) is 0 Å². The summed E-state index contributed by atoms with van der Waals surface area (Å²) in [7, 11) is 0. The minimum atomic E-state index is -4.31. The van der Waals surface area contributed by atoms with Crippen molar-refractivity contribution in [2.24, 2.45) is 0 Å². The van der Waals surface area contributed by atoms with Gasteiger partial charge in [0.2, 0.25) is 0 Å². The Balaban J connectivity index is 2.66. The molecule has 5 heteroatoms. The van der Waals surface area contributed by atoms with E-state index in [0.717, 1.165) is 18.6 Å². The van der Waals surface area contributed by atoms with Crippen molar-refractivity contribution in [3.8, 4) is 0 Å². The van der Waals surface area contributed by atoms with E-state index in [-0.39, 0.29) is 12.6 Å². The first-order valence-electron chi connectivity index (χ1n) is 5.47. The monoisotopic (exact) mass is 247 g/mol. The maximum atomic E-state index is 12.4. The van der Waals surface area contributed by atoms with Gasteiger partial charge in [0.15, 0.2) is 0 Å². The van der Waals surface area contributed by atoms with Gasteiger partial charge in [-0.2, -0.15) is 13.2 Å². The molecule has 1 aromatic rings. The van der Waals surface area contributed by atoms with Gasteiger partial charge in [-0.25, -0.2) is 0 Å². The molecule has 0 aromatic heterocycles. The quantitative estimate of drug-likeness (QED) is 0.838. The Morgan fingerprint density at radius 2 is 2.06 bits per heavy atom. The second-order valence-electron chi connectivity index (χ2n) is 3.87. The Labute approximate surface area is 98.5 Å². The molecule has 1 unspecified atom stereocenters. The highest BCUT2D eigenvalue weighted by Gasteiger charge is 2.30. The SMILES string of the molecule is CCC(CO)NCc1cccc(C(F)(F)F)c1. The first-order valence-corrected chi connectivity index (χ1v) is 5.47. The smallest absolute Gasteiger partial charge is 0.395 e. The van der Waals surface area contributed by atoms with Gasteiger partial charge in [0.1, 0.15) is 0 Å². The van der Waals surface area contributed by atoms with E-state index >= 15 is 0 Å². The minimum absolute atomic E-state index is 0.0184. The fourth-order valence-corrected chi connectivity index (χ4v) is 1.46. The molecule has 0 saturated carbocycles. The first kappa shape index (κ1) is 14.0. The maximum absolute atomic E-state index is 12.4. The van der Waals surface area contributed by atoms with E-state index in [9.17, 15) is 13.2 Å². The molecule has 0 bridgehead atoms. The van der Waals surface area contributed by atoms with Crippen LogP contribution in [0, 0.1) is 0 Å². The number of alkyl halides is 3. The minimum Gasteiger partial charge on any atom is -0.395 e. The fourth-order valence-electron chi connectivity index (χ4n) is 1.46. The molecule has 0 saturated heterocycles. The second-order valence-corrected chi connectivity index (χ2v) is 3.87. The summed E-state index contributed by atoms with van der Waals surface area (Å²) < 4.78 is 37.3. The van der Waals surface area contributed by atoms with Crippen LogP contribution in [0.25, 0.3) is 0 Å². The number of aliphatic hydroxyl groups is 1. The Kier molecular flexibility index (Phi) is 4.96. The maximum Gasteiger partial charge on any atom is 0.416 e. The number of hydrogen-bond acceptors (Lipinski definition) is 2. The van der Waals surface area contributed by atoms with Gasteiger partial charge in [-0.1, -0.05) is 25.1 Å². The van der Waals surface area contributed by atoms with Crippen LogP contribution in [0.5, 0.6) is 0 Å². The van der Waals surface area contributed by atoms with E-state index in [2.05, 4.69) is 5.32 Å². The third-order valence-corrected chi connectivity index (χ3v) is 2.56. The topological polar surface area (TPSA) is 32.3 Å². The second kappa shape index (κ2) is 6.02. The molecule has 0 aliphatic carbocycles. The van der Waals surface area contributed by atoms with Crippen molar-refractivity contribution in [2.45, 2.75) is 32.1 Å². The summed E-state index contributed by atoms with van der Waals surface area (Å²) in [5.74, 6) is 0. The summed E-state index contributed by atoms with van der Waals surface area (Å²) >= 11 is 0. The van der Waals surface area contributed by atoms with Crippen LogP contribution >= 0.6 is 0 Å².